The van der Waals surface area contributed by atoms with Crippen molar-refractivity contribution in [1.29, 1.82) is 0 Å². The lowest BCUT2D eigenvalue weighted by molar-refractivity contribution is 0.251. The van der Waals surface area contributed by atoms with Gasteiger partial charge in [0.2, 0.25) is 0 Å². The van der Waals surface area contributed by atoms with E-state index in [1.807, 2.05) is 4.57 Å². The average molecular weight is 195 g/mol. The molecule has 0 aliphatic heterocycles. The lowest BCUT2D eigenvalue weighted by Crippen LogP contribution is -2.16. The Kier molecular flexibility index (Phi) is 2.82. The van der Waals surface area contributed by atoms with Gasteiger partial charge in [0.15, 0.2) is 5.82 Å². The van der Waals surface area contributed by atoms with E-state index in [0.29, 0.717) is 11.9 Å². The highest BCUT2D eigenvalue weighted by molar-refractivity contribution is 4.89. The van der Waals surface area contributed by atoms with Crippen molar-refractivity contribution in [3.05, 3.63) is 12.2 Å². The van der Waals surface area contributed by atoms with Gasteiger partial charge < -0.3 is 9.67 Å². The van der Waals surface area contributed by atoms with Crippen LogP contribution in [-0.2, 0) is 6.61 Å². The second kappa shape index (κ2) is 4.09. The maximum atomic E-state index is 9.08. The van der Waals surface area contributed by atoms with E-state index in [-0.39, 0.29) is 6.61 Å². The zero-order chi connectivity index (χ0) is 9.97. The standard InChI is InChI=1S/C10H17N3O/c1-8(9-4-2-3-5-9)13-7-11-12-10(13)6-14/h7-9,14H,2-6H2,1H3. The molecule has 1 atom stereocenters. The van der Waals surface area contributed by atoms with Crippen LogP contribution in [0.25, 0.3) is 0 Å². The number of aromatic nitrogens is 3. The first-order valence-electron chi connectivity index (χ1n) is 5.32. The molecule has 1 aliphatic rings. The Morgan fingerprint density at radius 2 is 2.29 bits per heavy atom. The van der Waals surface area contributed by atoms with E-state index >= 15 is 0 Å². The van der Waals surface area contributed by atoms with Gasteiger partial charge in [0.25, 0.3) is 0 Å². The minimum absolute atomic E-state index is 0.0168. The fourth-order valence-corrected chi connectivity index (χ4v) is 2.39. The van der Waals surface area contributed by atoms with Crippen LogP contribution in [0.15, 0.2) is 6.33 Å². The summed E-state index contributed by atoms with van der Waals surface area (Å²) in [5.41, 5.74) is 0. The molecule has 1 saturated carbocycles. The molecule has 1 aromatic rings. The van der Waals surface area contributed by atoms with E-state index in [9.17, 15) is 0 Å². The van der Waals surface area contributed by atoms with Gasteiger partial charge in [-0.3, -0.25) is 0 Å². The Hall–Kier alpha value is -0.900. The average Bonchev–Trinajstić information content (AvgIpc) is 2.87. The van der Waals surface area contributed by atoms with Gasteiger partial charge in [-0.2, -0.15) is 0 Å². The van der Waals surface area contributed by atoms with Crippen LogP contribution in [0.4, 0.5) is 0 Å². The van der Waals surface area contributed by atoms with E-state index in [1.54, 1.807) is 6.33 Å². The molecule has 4 nitrogen and oxygen atoms in total. The number of aliphatic hydroxyl groups excluding tert-OH is 1. The summed E-state index contributed by atoms with van der Waals surface area (Å²) in [4.78, 5) is 0. The van der Waals surface area contributed by atoms with Crippen molar-refractivity contribution < 1.29 is 5.11 Å². The highest BCUT2D eigenvalue weighted by Gasteiger charge is 2.24. The molecule has 0 bridgehead atoms. The zero-order valence-electron chi connectivity index (χ0n) is 8.56. The largest absolute Gasteiger partial charge is 0.388 e. The summed E-state index contributed by atoms with van der Waals surface area (Å²) >= 11 is 0. The fourth-order valence-electron chi connectivity index (χ4n) is 2.39. The van der Waals surface area contributed by atoms with Crippen LogP contribution in [0.5, 0.6) is 0 Å². The number of nitrogens with zero attached hydrogens (tertiary/aromatic N) is 3. The van der Waals surface area contributed by atoms with Crippen LogP contribution in [0.2, 0.25) is 0 Å². The van der Waals surface area contributed by atoms with Gasteiger partial charge in [0.05, 0.1) is 0 Å². The van der Waals surface area contributed by atoms with Crippen LogP contribution in [0.3, 0.4) is 0 Å². The predicted molar refractivity (Wildman–Crippen MR) is 52.6 cm³/mol. The predicted octanol–water partition coefficient (Wildman–Crippen LogP) is 1.52. The van der Waals surface area contributed by atoms with Crippen molar-refractivity contribution in [1.82, 2.24) is 14.8 Å². The summed E-state index contributed by atoms with van der Waals surface area (Å²) in [5.74, 6) is 1.42. The first kappa shape index (κ1) is 9.65. The summed E-state index contributed by atoms with van der Waals surface area (Å²) in [6, 6.07) is 0.426. The lowest BCUT2D eigenvalue weighted by Gasteiger charge is -2.21. The van der Waals surface area contributed by atoms with Crippen LogP contribution in [0.1, 0.15) is 44.5 Å². The number of rotatable bonds is 3. The minimum Gasteiger partial charge on any atom is -0.388 e. The number of hydrogen-bond acceptors (Lipinski definition) is 3. The Bertz CT molecular complexity index is 291. The molecule has 78 valence electrons. The molecule has 0 spiro atoms. The third-order valence-corrected chi connectivity index (χ3v) is 3.31. The molecule has 1 unspecified atom stereocenters. The molecule has 1 aromatic heterocycles. The fraction of sp³-hybridized carbons (Fsp3) is 0.800. The molecule has 0 saturated heterocycles. The van der Waals surface area contributed by atoms with E-state index in [4.69, 9.17) is 5.11 Å². The van der Waals surface area contributed by atoms with Crippen LogP contribution in [0, 0.1) is 5.92 Å². The monoisotopic (exact) mass is 195 g/mol. The number of hydrogen-bond donors (Lipinski definition) is 1. The zero-order valence-corrected chi connectivity index (χ0v) is 8.56. The summed E-state index contributed by atoms with van der Waals surface area (Å²) in [6.07, 6.45) is 7.00. The molecule has 1 aliphatic carbocycles. The second-order valence-electron chi connectivity index (χ2n) is 4.10. The molecule has 1 heterocycles. The maximum Gasteiger partial charge on any atom is 0.158 e. The molecular formula is C10H17N3O. The summed E-state index contributed by atoms with van der Waals surface area (Å²) in [5, 5.41) is 16.8. The molecule has 14 heavy (non-hydrogen) atoms. The Labute approximate surface area is 84.0 Å². The third kappa shape index (κ3) is 1.66. The molecule has 0 radical (unpaired) electrons. The van der Waals surface area contributed by atoms with Crippen LogP contribution < -0.4 is 0 Å². The molecule has 4 heteroatoms. The summed E-state index contributed by atoms with van der Waals surface area (Å²) < 4.78 is 2.01. The second-order valence-corrected chi connectivity index (χ2v) is 4.10. The van der Waals surface area contributed by atoms with Gasteiger partial charge in [0.1, 0.15) is 12.9 Å². The van der Waals surface area contributed by atoms with Crippen LogP contribution in [-0.4, -0.2) is 19.9 Å². The Balaban J connectivity index is 2.12. The summed E-state index contributed by atoms with van der Waals surface area (Å²) in [7, 11) is 0. The van der Waals surface area contributed by atoms with Crippen LogP contribution >= 0.6 is 0 Å². The molecule has 2 rings (SSSR count). The molecule has 0 amide bonds. The normalized spacial score (nSPS) is 20.1. The number of aliphatic hydroxyl groups is 1. The van der Waals surface area contributed by atoms with Crippen molar-refractivity contribution in [3.8, 4) is 0 Å². The Morgan fingerprint density at radius 1 is 1.57 bits per heavy atom. The summed E-state index contributed by atoms with van der Waals surface area (Å²) in [6.45, 7) is 2.18. The van der Waals surface area contributed by atoms with Crippen molar-refractivity contribution in [2.75, 3.05) is 0 Å². The van der Waals surface area contributed by atoms with Gasteiger partial charge in [-0.1, -0.05) is 12.8 Å². The van der Waals surface area contributed by atoms with Gasteiger partial charge in [0, 0.05) is 6.04 Å². The molecular weight excluding hydrogens is 178 g/mol. The molecule has 1 N–H and O–H groups in total. The third-order valence-electron chi connectivity index (χ3n) is 3.31. The van der Waals surface area contributed by atoms with E-state index in [0.717, 1.165) is 5.92 Å². The van der Waals surface area contributed by atoms with Crippen molar-refractivity contribution in [3.63, 3.8) is 0 Å². The first-order chi connectivity index (χ1) is 6.83. The SMILES string of the molecule is CC(C1CCCC1)n1cnnc1CO. The van der Waals surface area contributed by atoms with Crippen molar-refractivity contribution in [2.24, 2.45) is 5.92 Å². The van der Waals surface area contributed by atoms with Gasteiger partial charge in [-0.25, -0.2) is 0 Å². The maximum absolute atomic E-state index is 9.08. The minimum atomic E-state index is -0.0168. The van der Waals surface area contributed by atoms with E-state index in [1.165, 1.54) is 25.7 Å². The topological polar surface area (TPSA) is 50.9 Å². The first-order valence-corrected chi connectivity index (χ1v) is 5.32. The smallest absolute Gasteiger partial charge is 0.158 e. The Morgan fingerprint density at radius 3 is 2.93 bits per heavy atom. The van der Waals surface area contributed by atoms with Crippen molar-refractivity contribution >= 4 is 0 Å². The lowest BCUT2D eigenvalue weighted by atomic mass is 10.00. The highest BCUT2D eigenvalue weighted by Crippen LogP contribution is 2.34. The van der Waals surface area contributed by atoms with Gasteiger partial charge in [-0.15, -0.1) is 10.2 Å². The van der Waals surface area contributed by atoms with E-state index < -0.39 is 0 Å². The van der Waals surface area contributed by atoms with Gasteiger partial charge >= 0.3 is 0 Å². The van der Waals surface area contributed by atoms with Crippen molar-refractivity contribution in [2.45, 2.75) is 45.3 Å². The van der Waals surface area contributed by atoms with E-state index in [2.05, 4.69) is 17.1 Å². The molecule has 0 aromatic carbocycles. The van der Waals surface area contributed by atoms with Gasteiger partial charge in [-0.05, 0) is 25.7 Å². The highest BCUT2D eigenvalue weighted by atomic mass is 16.3. The molecule has 1 fully saturated rings. The quantitative estimate of drug-likeness (QED) is 0.795.